The predicted molar refractivity (Wildman–Crippen MR) is 80.4 cm³/mol. The molecule has 1 unspecified atom stereocenters. The van der Waals surface area contributed by atoms with Gasteiger partial charge in [0.15, 0.2) is 0 Å². The monoisotopic (exact) mass is 378 g/mol. The Morgan fingerprint density at radius 1 is 1.58 bits per heavy atom. The summed E-state index contributed by atoms with van der Waals surface area (Å²) in [5.74, 6) is -0.858. The van der Waals surface area contributed by atoms with Crippen LogP contribution in [0.4, 0.5) is 11.4 Å². The van der Waals surface area contributed by atoms with Crippen LogP contribution in [0.5, 0.6) is 0 Å². The summed E-state index contributed by atoms with van der Waals surface area (Å²) < 4.78 is 0.707. The van der Waals surface area contributed by atoms with E-state index in [-0.39, 0.29) is 18.2 Å². The molecule has 19 heavy (non-hydrogen) atoms. The number of aliphatic carboxylic acids is 1. The Morgan fingerprint density at radius 2 is 2.26 bits per heavy atom. The average molecular weight is 378 g/mol. The quantitative estimate of drug-likeness (QED) is 0.432. The summed E-state index contributed by atoms with van der Waals surface area (Å²) >= 11 is 2.00. The maximum Gasteiger partial charge on any atom is 0.305 e. The maximum absolute atomic E-state index is 10.8. The summed E-state index contributed by atoms with van der Waals surface area (Å²) in [6, 6.07) is 4.32. The van der Waals surface area contributed by atoms with Crippen LogP contribution in [-0.2, 0) is 4.79 Å². The van der Waals surface area contributed by atoms with Crippen molar-refractivity contribution in [2.45, 2.75) is 32.2 Å². The fourth-order valence-electron chi connectivity index (χ4n) is 1.74. The topological polar surface area (TPSA) is 92.5 Å². The number of benzene rings is 1. The summed E-state index contributed by atoms with van der Waals surface area (Å²) in [4.78, 5) is 21.0. The van der Waals surface area contributed by atoms with Gasteiger partial charge in [0.25, 0.3) is 5.69 Å². The molecule has 0 fully saturated rings. The molecule has 0 aromatic heterocycles. The summed E-state index contributed by atoms with van der Waals surface area (Å²) in [6.45, 7) is 1.98. The molecule has 0 aliphatic rings. The zero-order chi connectivity index (χ0) is 14.4. The number of rotatable bonds is 7. The van der Waals surface area contributed by atoms with Crippen LogP contribution >= 0.6 is 22.6 Å². The fourth-order valence-corrected chi connectivity index (χ4v) is 2.39. The smallest absolute Gasteiger partial charge is 0.305 e. The fraction of sp³-hybridized carbons (Fsp3) is 0.417. The predicted octanol–water partition coefficient (Wildman–Crippen LogP) is 3.25. The van der Waals surface area contributed by atoms with Crippen LogP contribution in [0.2, 0.25) is 0 Å². The molecule has 0 saturated heterocycles. The Kier molecular flexibility index (Phi) is 6.00. The minimum Gasteiger partial charge on any atom is -0.481 e. The van der Waals surface area contributed by atoms with Gasteiger partial charge in [-0.15, -0.1) is 0 Å². The molecule has 1 aromatic rings. The van der Waals surface area contributed by atoms with Crippen LogP contribution in [-0.4, -0.2) is 22.0 Å². The zero-order valence-electron chi connectivity index (χ0n) is 10.4. The van der Waals surface area contributed by atoms with Crippen molar-refractivity contribution in [2.24, 2.45) is 0 Å². The molecule has 6 nitrogen and oxygen atoms in total. The van der Waals surface area contributed by atoms with E-state index in [1.807, 2.05) is 29.5 Å². The van der Waals surface area contributed by atoms with Crippen molar-refractivity contribution in [2.75, 3.05) is 5.32 Å². The molecule has 1 rings (SSSR count). The van der Waals surface area contributed by atoms with Crippen molar-refractivity contribution in [1.29, 1.82) is 0 Å². The van der Waals surface area contributed by atoms with E-state index in [9.17, 15) is 14.9 Å². The number of non-ortho nitro benzene ring substituents is 1. The molecule has 7 heteroatoms. The SMILES string of the molecule is CCCC(CC(=O)O)Nc1ccc([N+](=O)[O-])cc1I. The first-order chi connectivity index (χ1) is 8.93. The third-order valence-electron chi connectivity index (χ3n) is 2.58. The summed E-state index contributed by atoms with van der Waals surface area (Å²) in [5, 5.41) is 22.6. The van der Waals surface area contributed by atoms with Gasteiger partial charge in [-0.05, 0) is 35.1 Å². The maximum atomic E-state index is 10.8. The van der Waals surface area contributed by atoms with E-state index in [2.05, 4.69) is 5.32 Å². The van der Waals surface area contributed by atoms with Crippen molar-refractivity contribution >= 4 is 39.9 Å². The van der Waals surface area contributed by atoms with Crippen LogP contribution in [0.15, 0.2) is 18.2 Å². The second kappa shape index (κ2) is 7.27. The molecule has 0 radical (unpaired) electrons. The number of carboxylic acids is 1. The molecule has 0 aliphatic carbocycles. The lowest BCUT2D eigenvalue weighted by atomic mass is 10.1. The Hall–Kier alpha value is -1.38. The highest BCUT2D eigenvalue weighted by Gasteiger charge is 2.15. The third-order valence-corrected chi connectivity index (χ3v) is 3.47. The standard InChI is InChI=1S/C12H15IN2O4/c1-2-3-8(6-12(16)17)14-11-5-4-9(15(18)19)7-10(11)13/h4-5,7-8,14H,2-3,6H2,1H3,(H,16,17). The summed E-state index contributed by atoms with van der Waals surface area (Å²) in [7, 11) is 0. The number of nitrogens with zero attached hydrogens (tertiary/aromatic N) is 1. The Morgan fingerprint density at radius 3 is 2.74 bits per heavy atom. The molecule has 1 aromatic carbocycles. The minimum absolute atomic E-state index is 0.0280. The van der Waals surface area contributed by atoms with Crippen molar-refractivity contribution < 1.29 is 14.8 Å². The van der Waals surface area contributed by atoms with Gasteiger partial charge in [-0.3, -0.25) is 14.9 Å². The number of halogens is 1. The Balaban J connectivity index is 2.84. The average Bonchev–Trinajstić information content (AvgIpc) is 2.31. The van der Waals surface area contributed by atoms with E-state index in [1.54, 1.807) is 6.07 Å². The van der Waals surface area contributed by atoms with Crippen LogP contribution in [0, 0.1) is 13.7 Å². The first-order valence-electron chi connectivity index (χ1n) is 5.86. The number of carboxylic acid groups (broad SMARTS) is 1. The largest absolute Gasteiger partial charge is 0.481 e. The number of anilines is 1. The van der Waals surface area contributed by atoms with Crippen LogP contribution < -0.4 is 5.32 Å². The number of nitro benzene ring substituents is 1. The van der Waals surface area contributed by atoms with Crippen molar-refractivity contribution in [3.63, 3.8) is 0 Å². The Bertz CT molecular complexity index is 479. The second-order valence-electron chi connectivity index (χ2n) is 4.15. The van der Waals surface area contributed by atoms with Gasteiger partial charge >= 0.3 is 5.97 Å². The lowest BCUT2D eigenvalue weighted by Gasteiger charge is -2.18. The normalized spacial score (nSPS) is 11.9. The first kappa shape index (κ1) is 15.7. The van der Waals surface area contributed by atoms with Gasteiger partial charge in [0.2, 0.25) is 0 Å². The number of nitro groups is 1. The Labute approximate surface area is 124 Å². The van der Waals surface area contributed by atoms with E-state index in [0.29, 0.717) is 3.57 Å². The van der Waals surface area contributed by atoms with E-state index in [1.165, 1.54) is 12.1 Å². The van der Waals surface area contributed by atoms with Crippen molar-refractivity contribution in [3.05, 3.63) is 31.9 Å². The number of carbonyl (C=O) groups is 1. The minimum atomic E-state index is -0.858. The molecular weight excluding hydrogens is 363 g/mol. The molecule has 0 bridgehead atoms. The van der Waals surface area contributed by atoms with E-state index >= 15 is 0 Å². The van der Waals surface area contributed by atoms with Gasteiger partial charge in [0, 0.05) is 27.4 Å². The molecule has 0 spiro atoms. The van der Waals surface area contributed by atoms with Gasteiger partial charge in [0.05, 0.1) is 11.3 Å². The van der Waals surface area contributed by atoms with E-state index in [4.69, 9.17) is 5.11 Å². The van der Waals surface area contributed by atoms with Gasteiger partial charge in [-0.25, -0.2) is 0 Å². The number of hydrogen-bond acceptors (Lipinski definition) is 4. The molecule has 1 atom stereocenters. The lowest BCUT2D eigenvalue weighted by molar-refractivity contribution is -0.384. The summed E-state index contributed by atoms with van der Waals surface area (Å²) in [6.07, 6.45) is 1.63. The van der Waals surface area contributed by atoms with Crippen molar-refractivity contribution in [1.82, 2.24) is 0 Å². The molecule has 0 amide bonds. The highest BCUT2D eigenvalue weighted by Crippen LogP contribution is 2.25. The van der Waals surface area contributed by atoms with Gasteiger partial charge in [-0.1, -0.05) is 13.3 Å². The highest BCUT2D eigenvalue weighted by molar-refractivity contribution is 14.1. The molecule has 0 aliphatic heterocycles. The second-order valence-corrected chi connectivity index (χ2v) is 5.31. The number of hydrogen-bond donors (Lipinski definition) is 2. The van der Waals surface area contributed by atoms with Crippen LogP contribution in [0.1, 0.15) is 26.2 Å². The van der Waals surface area contributed by atoms with Crippen molar-refractivity contribution in [3.8, 4) is 0 Å². The molecule has 0 saturated carbocycles. The van der Waals surface area contributed by atoms with E-state index < -0.39 is 10.9 Å². The molecular formula is C12H15IN2O4. The lowest BCUT2D eigenvalue weighted by Crippen LogP contribution is -2.23. The molecule has 0 heterocycles. The third kappa shape index (κ3) is 5.01. The van der Waals surface area contributed by atoms with Gasteiger partial charge in [-0.2, -0.15) is 0 Å². The molecule has 104 valence electrons. The zero-order valence-corrected chi connectivity index (χ0v) is 12.6. The summed E-state index contributed by atoms with van der Waals surface area (Å²) in [5.41, 5.74) is 0.756. The van der Waals surface area contributed by atoms with Gasteiger partial charge < -0.3 is 10.4 Å². The van der Waals surface area contributed by atoms with Crippen LogP contribution in [0.25, 0.3) is 0 Å². The van der Waals surface area contributed by atoms with Gasteiger partial charge in [0.1, 0.15) is 0 Å². The molecule has 2 N–H and O–H groups in total. The van der Waals surface area contributed by atoms with E-state index in [0.717, 1.165) is 18.5 Å². The highest BCUT2D eigenvalue weighted by atomic mass is 127. The first-order valence-corrected chi connectivity index (χ1v) is 6.94. The number of nitrogens with one attached hydrogen (secondary N) is 1. The van der Waals surface area contributed by atoms with Crippen LogP contribution in [0.3, 0.4) is 0 Å².